The molecule has 1 heterocycles. The second-order valence-corrected chi connectivity index (χ2v) is 8.45. The molecule has 0 aliphatic carbocycles. The summed E-state index contributed by atoms with van der Waals surface area (Å²) in [5.74, 6) is 1.71. The van der Waals surface area contributed by atoms with Gasteiger partial charge in [-0.3, -0.25) is 4.99 Å². The molecule has 1 rings (SSSR count). The first kappa shape index (κ1) is 24.5. The van der Waals surface area contributed by atoms with Crippen LogP contribution in [-0.4, -0.2) is 68.5 Å². The Morgan fingerprint density at radius 1 is 1.18 bits per heavy atom. The molecule has 1 aliphatic rings. The number of hydrogen-bond donors (Lipinski definition) is 2. The van der Waals surface area contributed by atoms with Gasteiger partial charge in [0, 0.05) is 39.8 Å². The minimum absolute atomic E-state index is 0.287. The number of likely N-dealkylation sites (tertiary alicyclic amines) is 1. The van der Waals surface area contributed by atoms with E-state index in [0.717, 1.165) is 44.9 Å². The number of rotatable bonds is 9. The lowest BCUT2D eigenvalue weighted by molar-refractivity contribution is 0.0170. The van der Waals surface area contributed by atoms with E-state index in [9.17, 15) is 4.79 Å². The molecule has 1 saturated heterocycles. The van der Waals surface area contributed by atoms with Crippen molar-refractivity contribution >= 4 is 12.1 Å². The minimum Gasteiger partial charge on any atom is -0.444 e. The molecule has 0 aromatic carbocycles. The zero-order valence-corrected chi connectivity index (χ0v) is 18.8. The summed E-state index contributed by atoms with van der Waals surface area (Å²) in [6.07, 6.45) is 5.11. The van der Waals surface area contributed by atoms with E-state index in [2.05, 4.69) is 34.4 Å². The highest BCUT2D eigenvalue weighted by Gasteiger charge is 2.22. The molecular weight excluding hydrogens is 356 g/mol. The number of amides is 1. The van der Waals surface area contributed by atoms with Crippen molar-refractivity contribution in [2.24, 2.45) is 10.9 Å². The fraction of sp³-hybridized carbons (Fsp3) is 0.905. The first-order valence-electron chi connectivity index (χ1n) is 10.8. The summed E-state index contributed by atoms with van der Waals surface area (Å²) in [7, 11) is 1.86. The van der Waals surface area contributed by atoms with Crippen molar-refractivity contribution in [1.82, 2.24) is 15.5 Å². The van der Waals surface area contributed by atoms with Gasteiger partial charge in [0.2, 0.25) is 0 Å². The molecule has 0 aromatic heterocycles. The minimum atomic E-state index is -0.460. The molecular formula is C21H42N4O3. The Balaban J connectivity index is 2.18. The lowest BCUT2D eigenvalue weighted by atomic mass is 10.0. The smallest absolute Gasteiger partial charge is 0.407 e. The molecule has 1 fully saturated rings. The Morgan fingerprint density at radius 3 is 2.36 bits per heavy atom. The van der Waals surface area contributed by atoms with Gasteiger partial charge in [-0.05, 0) is 46.0 Å². The molecule has 0 spiro atoms. The van der Waals surface area contributed by atoms with Gasteiger partial charge in [-0.25, -0.2) is 4.79 Å². The van der Waals surface area contributed by atoms with Crippen LogP contribution in [0.25, 0.3) is 0 Å². The first-order valence-corrected chi connectivity index (χ1v) is 10.8. The third kappa shape index (κ3) is 10.2. The van der Waals surface area contributed by atoms with Gasteiger partial charge in [0.15, 0.2) is 5.96 Å². The highest BCUT2D eigenvalue weighted by atomic mass is 16.6. The van der Waals surface area contributed by atoms with Crippen molar-refractivity contribution in [2.45, 2.75) is 78.4 Å². The maximum Gasteiger partial charge on any atom is 0.407 e. The van der Waals surface area contributed by atoms with E-state index in [1.165, 1.54) is 12.8 Å². The maximum absolute atomic E-state index is 11.6. The van der Waals surface area contributed by atoms with Crippen LogP contribution in [0.4, 0.5) is 4.79 Å². The summed E-state index contributed by atoms with van der Waals surface area (Å²) in [6.45, 7) is 14.2. The van der Waals surface area contributed by atoms with Gasteiger partial charge in [-0.15, -0.1) is 0 Å². The summed E-state index contributed by atoms with van der Waals surface area (Å²) in [6, 6.07) is 0. The molecule has 2 N–H and O–H groups in total. The van der Waals surface area contributed by atoms with Gasteiger partial charge < -0.3 is 25.0 Å². The average molecular weight is 399 g/mol. The monoisotopic (exact) mass is 398 g/mol. The van der Waals surface area contributed by atoms with Crippen LogP contribution in [0.15, 0.2) is 4.99 Å². The lowest BCUT2D eigenvalue weighted by Crippen LogP contribution is -2.48. The number of guanidine groups is 1. The lowest BCUT2D eigenvalue weighted by Gasteiger charge is -2.34. The average Bonchev–Trinajstić information content (AvgIpc) is 2.64. The van der Waals surface area contributed by atoms with Gasteiger partial charge in [-0.1, -0.05) is 26.7 Å². The number of hydrogen-bond acceptors (Lipinski definition) is 4. The van der Waals surface area contributed by atoms with Gasteiger partial charge in [0.05, 0.1) is 6.10 Å². The predicted octanol–water partition coefficient (Wildman–Crippen LogP) is 3.39. The van der Waals surface area contributed by atoms with Crippen LogP contribution >= 0.6 is 0 Å². The van der Waals surface area contributed by atoms with Gasteiger partial charge in [0.25, 0.3) is 0 Å². The molecule has 0 aromatic rings. The summed E-state index contributed by atoms with van der Waals surface area (Å²) >= 11 is 0. The molecule has 0 unspecified atom stereocenters. The summed E-state index contributed by atoms with van der Waals surface area (Å²) in [4.78, 5) is 18.4. The van der Waals surface area contributed by atoms with E-state index < -0.39 is 5.60 Å². The molecule has 0 saturated carbocycles. The number of ether oxygens (including phenoxy) is 2. The SMILES string of the molecule is CCC(CC)CNC(=NC)N1CCC(OCCCNC(=O)OC(C)(C)C)CC1. The van der Waals surface area contributed by atoms with Crippen molar-refractivity contribution in [3.05, 3.63) is 0 Å². The van der Waals surface area contributed by atoms with Crippen molar-refractivity contribution in [1.29, 1.82) is 0 Å². The first-order chi connectivity index (χ1) is 13.3. The third-order valence-corrected chi connectivity index (χ3v) is 5.00. The van der Waals surface area contributed by atoms with Crippen LogP contribution in [0.5, 0.6) is 0 Å². The van der Waals surface area contributed by atoms with Gasteiger partial charge >= 0.3 is 6.09 Å². The number of nitrogens with one attached hydrogen (secondary N) is 2. The Hall–Kier alpha value is -1.50. The van der Waals surface area contributed by atoms with Gasteiger partial charge in [0.1, 0.15) is 5.60 Å². The quantitative estimate of drug-likeness (QED) is 0.354. The van der Waals surface area contributed by atoms with Crippen molar-refractivity contribution in [3.8, 4) is 0 Å². The summed E-state index contributed by atoms with van der Waals surface area (Å²) < 4.78 is 11.2. The Kier molecular flexibility index (Phi) is 11.3. The topological polar surface area (TPSA) is 75.2 Å². The number of nitrogens with zero attached hydrogens (tertiary/aromatic N) is 2. The Morgan fingerprint density at radius 2 is 1.82 bits per heavy atom. The summed E-state index contributed by atoms with van der Waals surface area (Å²) in [5, 5.41) is 6.29. The van der Waals surface area contributed by atoms with E-state index in [1.54, 1.807) is 0 Å². The Labute approximate surface area is 171 Å². The maximum atomic E-state index is 11.6. The van der Waals surface area contributed by atoms with Crippen LogP contribution in [-0.2, 0) is 9.47 Å². The van der Waals surface area contributed by atoms with Crippen molar-refractivity contribution < 1.29 is 14.3 Å². The number of carbonyl (C=O) groups excluding carboxylic acids is 1. The van der Waals surface area contributed by atoms with Crippen LogP contribution in [0.3, 0.4) is 0 Å². The molecule has 28 heavy (non-hydrogen) atoms. The van der Waals surface area contributed by atoms with Crippen molar-refractivity contribution in [3.63, 3.8) is 0 Å². The number of piperidine rings is 1. The fourth-order valence-corrected chi connectivity index (χ4v) is 3.21. The number of alkyl carbamates (subject to hydrolysis) is 1. The molecule has 0 bridgehead atoms. The van der Waals surface area contributed by atoms with Crippen LogP contribution in [0, 0.1) is 5.92 Å². The van der Waals surface area contributed by atoms with E-state index in [0.29, 0.717) is 19.1 Å². The largest absolute Gasteiger partial charge is 0.444 e. The fourth-order valence-electron chi connectivity index (χ4n) is 3.21. The molecule has 1 amide bonds. The standard InChI is InChI=1S/C21H42N4O3/c1-7-17(8-2)16-24-19(22-6)25-13-10-18(11-14-25)27-15-9-12-23-20(26)28-21(3,4)5/h17-18H,7-16H2,1-6H3,(H,22,24)(H,23,26). The predicted molar refractivity (Wildman–Crippen MR) is 115 cm³/mol. The highest BCUT2D eigenvalue weighted by Crippen LogP contribution is 2.14. The third-order valence-electron chi connectivity index (χ3n) is 5.00. The van der Waals surface area contributed by atoms with Crippen LogP contribution < -0.4 is 10.6 Å². The number of carbonyl (C=O) groups is 1. The van der Waals surface area contributed by atoms with Gasteiger partial charge in [-0.2, -0.15) is 0 Å². The molecule has 164 valence electrons. The second kappa shape index (κ2) is 12.9. The highest BCUT2D eigenvalue weighted by molar-refractivity contribution is 5.79. The van der Waals surface area contributed by atoms with Crippen LogP contribution in [0.2, 0.25) is 0 Å². The molecule has 0 atom stereocenters. The molecule has 7 nitrogen and oxygen atoms in total. The second-order valence-electron chi connectivity index (χ2n) is 8.45. The van der Waals surface area contributed by atoms with E-state index in [4.69, 9.17) is 9.47 Å². The van der Waals surface area contributed by atoms with E-state index in [-0.39, 0.29) is 12.2 Å². The molecule has 0 radical (unpaired) electrons. The van der Waals surface area contributed by atoms with E-state index in [1.807, 2.05) is 27.8 Å². The number of aliphatic imine (C=N–C) groups is 1. The molecule has 1 aliphatic heterocycles. The zero-order valence-electron chi connectivity index (χ0n) is 18.8. The Bertz CT molecular complexity index is 465. The molecule has 7 heteroatoms. The van der Waals surface area contributed by atoms with Crippen LogP contribution in [0.1, 0.15) is 66.7 Å². The van der Waals surface area contributed by atoms with E-state index >= 15 is 0 Å². The summed E-state index contributed by atoms with van der Waals surface area (Å²) in [5.41, 5.74) is -0.460. The normalized spacial score (nSPS) is 16.4. The van der Waals surface area contributed by atoms with Crippen molar-refractivity contribution in [2.75, 3.05) is 39.8 Å². The zero-order chi connectivity index (χ0) is 21.0.